The molecule has 0 aliphatic carbocycles. The lowest BCUT2D eigenvalue weighted by atomic mass is 9.63. The molecule has 2 aromatic rings. The Morgan fingerprint density at radius 1 is 0.968 bits per heavy atom. The van der Waals surface area contributed by atoms with E-state index in [-0.39, 0.29) is 5.41 Å². The molecule has 1 aliphatic heterocycles. The van der Waals surface area contributed by atoms with Crippen molar-refractivity contribution < 1.29 is 14.2 Å². The van der Waals surface area contributed by atoms with Crippen LogP contribution in [0.15, 0.2) is 42.5 Å². The number of rotatable bonds is 9. The smallest absolute Gasteiger partial charge is 0.161 e. The van der Waals surface area contributed by atoms with Gasteiger partial charge in [0.25, 0.3) is 0 Å². The Kier molecular flexibility index (Phi) is 7.84. The molecule has 0 aromatic heterocycles. The fraction of sp³-hybridized carbons (Fsp3) is 0.538. The summed E-state index contributed by atoms with van der Waals surface area (Å²) in [6.45, 7) is 7.63. The van der Waals surface area contributed by atoms with E-state index < -0.39 is 0 Å². The van der Waals surface area contributed by atoms with Crippen molar-refractivity contribution in [3.63, 3.8) is 0 Å². The van der Waals surface area contributed by atoms with Crippen LogP contribution in [-0.4, -0.2) is 52.4 Å². The van der Waals surface area contributed by atoms with Gasteiger partial charge in [-0.25, -0.2) is 0 Å². The molecule has 5 heteroatoms. The normalized spacial score (nSPS) is 24.1. The molecule has 1 aliphatic rings. The number of hydrogen-bond donors (Lipinski definition) is 1. The van der Waals surface area contributed by atoms with Crippen LogP contribution in [0.2, 0.25) is 0 Å². The van der Waals surface area contributed by atoms with Gasteiger partial charge in [-0.15, -0.1) is 0 Å². The molecule has 0 saturated carbocycles. The second kappa shape index (κ2) is 10.4. The maximum absolute atomic E-state index is 5.44. The zero-order valence-corrected chi connectivity index (χ0v) is 19.9. The third kappa shape index (κ3) is 5.16. The number of hydrogen-bond acceptors (Lipinski definition) is 5. The maximum atomic E-state index is 5.44. The van der Waals surface area contributed by atoms with Crippen molar-refractivity contribution in [2.24, 2.45) is 5.92 Å². The Labute approximate surface area is 187 Å². The van der Waals surface area contributed by atoms with Crippen LogP contribution in [0.4, 0.5) is 0 Å². The molecule has 0 spiro atoms. The van der Waals surface area contributed by atoms with Crippen LogP contribution in [0, 0.1) is 5.92 Å². The molecule has 170 valence electrons. The van der Waals surface area contributed by atoms with E-state index in [0.29, 0.717) is 12.0 Å². The molecule has 1 fully saturated rings. The van der Waals surface area contributed by atoms with Crippen molar-refractivity contribution in [3.8, 4) is 17.2 Å². The van der Waals surface area contributed by atoms with E-state index in [0.717, 1.165) is 49.7 Å². The average molecular weight is 427 g/mol. The summed E-state index contributed by atoms with van der Waals surface area (Å²) in [4.78, 5) is 2.49. The van der Waals surface area contributed by atoms with Crippen molar-refractivity contribution in [1.82, 2.24) is 10.2 Å². The first kappa shape index (κ1) is 23.4. The molecule has 0 bridgehead atoms. The number of methoxy groups -OCH3 is 3. The van der Waals surface area contributed by atoms with Crippen molar-refractivity contribution in [2.45, 2.75) is 44.7 Å². The van der Waals surface area contributed by atoms with E-state index in [9.17, 15) is 0 Å². The first-order valence-corrected chi connectivity index (χ1v) is 11.2. The van der Waals surface area contributed by atoms with E-state index in [4.69, 9.17) is 14.2 Å². The lowest BCUT2D eigenvalue weighted by Gasteiger charge is -2.50. The van der Waals surface area contributed by atoms with Crippen molar-refractivity contribution in [3.05, 3.63) is 53.6 Å². The maximum Gasteiger partial charge on any atom is 0.161 e. The second-order valence-electron chi connectivity index (χ2n) is 8.89. The topological polar surface area (TPSA) is 43.0 Å². The van der Waals surface area contributed by atoms with Gasteiger partial charge >= 0.3 is 0 Å². The third-order valence-corrected chi connectivity index (χ3v) is 7.11. The average Bonchev–Trinajstić information content (AvgIpc) is 2.79. The van der Waals surface area contributed by atoms with E-state index in [1.807, 2.05) is 12.1 Å². The van der Waals surface area contributed by atoms with Crippen LogP contribution in [-0.2, 0) is 12.0 Å². The van der Waals surface area contributed by atoms with Gasteiger partial charge in [0, 0.05) is 24.5 Å². The highest BCUT2D eigenvalue weighted by Gasteiger charge is 2.43. The van der Waals surface area contributed by atoms with Gasteiger partial charge < -0.3 is 24.4 Å². The molecule has 3 atom stereocenters. The minimum atomic E-state index is 0.156. The van der Waals surface area contributed by atoms with Crippen molar-refractivity contribution in [1.29, 1.82) is 0 Å². The van der Waals surface area contributed by atoms with Gasteiger partial charge in [-0.2, -0.15) is 0 Å². The van der Waals surface area contributed by atoms with Gasteiger partial charge in [0.15, 0.2) is 11.5 Å². The van der Waals surface area contributed by atoms with Gasteiger partial charge in [0.1, 0.15) is 5.75 Å². The summed E-state index contributed by atoms with van der Waals surface area (Å²) in [5.74, 6) is 3.03. The van der Waals surface area contributed by atoms with Crippen molar-refractivity contribution >= 4 is 0 Å². The first-order chi connectivity index (χ1) is 14.9. The summed E-state index contributed by atoms with van der Waals surface area (Å²) in [6.07, 6.45) is 2.26. The minimum Gasteiger partial charge on any atom is -0.497 e. The minimum absolute atomic E-state index is 0.156. The Morgan fingerprint density at radius 3 is 2.32 bits per heavy atom. The SMILES string of the molecule is COc1ccc([C@@]2(CCNCc3ccc(OC)c(OC)c3)C[C@@H](C)N(C)C[C@H]2C)cc1. The summed E-state index contributed by atoms with van der Waals surface area (Å²) in [6, 6.07) is 15.4. The van der Waals surface area contributed by atoms with Crippen molar-refractivity contribution in [2.75, 3.05) is 41.5 Å². The second-order valence-corrected chi connectivity index (χ2v) is 8.89. The lowest BCUT2D eigenvalue weighted by Crippen LogP contribution is -2.52. The fourth-order valence-corrected chi connectivity index (χ4v) is 5.02. The highest BCUT2D eigenvalue weighted by atomic mass is 16.5. The number of piperidine rings is 1. The predicted octanol–water partition coefficient (Wildman–Crippen LogP) is 4.49. The van der Waals surface area contributed by atoms with Gasteiger partial charge in [-0.3, -0.25) is 0 Å². The Bertz CT molecular complexity index is 839. The molecule has 1 heterocycles. The standard InChI is InChI=1S/C26H38N2O3/c1-19-18-28(3)20(2)16-26(19,22-8-10-23(29-4)11-9-22)13-14-27-17-21-7-12-24(30-5)25(15-21)31-6/h7-12,15,19-20,27H,13-14,16-18H2,1-6H3/t19-,20-,26+/m1/s1. The molecule has 1 N–H and O–H groups in total. The number of nitrogens with one attached hydrogen (secondary N) is 1. The van der Waals surface area contributed by atoms with E-state index in [1.54, 1.807) is 21.3 Å². The van der Waals surface area contributed by atoms with E-state index >= 15 is 0 Å². The van der Waals surface area contributed by atoms with Crippen LogP contribution in [0.5, 0.6) is 17.2 Å². The summed E-state index contributed by atoms with van der Waals surface area (Å²) < 4.78 is 16.2. The molecule has 31 heavy (non-hydrogen) atoms. The number of ether oxygens (including phenoxy) is 3. The van der Waals surface area contributed by atoms with Gasteiger partial charge in [0.2, 0.25) is 0 Å². The fourth-order valence-electron chi connectivity index (χ4n) is 5.02. The van der Waals surface area contributed by atoms with E-state index in [1.165, 1.54) is 11.1 Å². The molecule has 1 saturated heterocycles. The highest BCUT2D eigenvalue weighted by molar-refractivity contribution is 5.42. The molecule has 3 rings (SSSR count). The number of nitrogens with zero attached hydrogens (tertiary/aromatic N) is 1. The highest BCUT2D eigenvalue weighted by Crippen LogP contribution is 2.44. The summed E-state index contributed by atoms with van der Waals surface area (Å²) in [7, 11) is 7.31. The molecule has 2 aromatic carbocycles. The van der Waals surface area contributed by atoms with E-state index in [2.05, 4.69) is 61.4 Å². The van der Waals surface area contributed by atoms with Crippen LogP contribution in [0.25, 0.3) is 0 Å². The summed E-state index contributed by atoms with van der Waals surface area (Å²) >= 11 is 0. The molecular weight excluding hydrogens is 388 g/mol. The number of benzene rings is 2. The van der Waals surface area contributed by atoms with Crippen LogP contribution < -0.4 is 19.5 Å². The zero-order chi connectivity index (χ0) is 22.4. The lowest BCUT2D eigenvalue weighted by molar-refractivity contribution is 0.0688. The summed E-state index contributed by atoms with van der Waals surface area (Å²) in [5.41, 5.74) is 2.78. The molecule has 5 nitrogen and oxygen atoms in total. The van der Waals surface area contributed by atoms with Crippen LogP contribution in [0.3, 0.4) is 0 Å². The molecule has 0 amide bonds. The quantitative estimate of drug-likeness (QED) is 0.599. The Balaban J connectivity index is 1.72. The third-order valence-electron chi connectivity index (χ3n) is 7.11. The summed E-state index contributed by atoms with van der Waals surface area (Å²) in [5, 5.41) is 3.67. The molecular formula is C26H38N2O3. The number of likely N-dealkylation sites (tertiary alicyclic amines) is 1. The molecule has 0 unspecified atom stereocenters. The van der Waals surface area contributed by atoms with Crippen LogP contribution in [0.1, 0.15) is 37.8 Å². The van der Waals surface area contributed by atoms with Crippen LogP contribution >= 0.6 is 0 Å². The predicted molar refractivity (Wildman–Crippen MR) is 126 cm³/mol. The Hall–Kier alpha value is -2.24. The molecule has 0 radical (unpaired) electrons. The largest absolute Gasteiger partial charge is 0.497 e. The monoisotopic (exact) mass is 426 g/mol. The first-order valence-electron chi connectivity index (χ1n) is 11.2. The Morgan fingerprint density at radius 2 is 1.68 bits per heavy atom. The van der Waals surface area contributed by atoms with Gasteiger partial charge in [0.05, 0.1) is 21.3 Å². The zero-order valence-electron chi connectivity index (χ0n) is 19.9. The van der Waals surface area contributed by atoms with Gasteiger partial charge in [-0.1, -0.05) is 25.1 Å². The van der Waals surface area contributed by atoms with Gasteiger partial charge in [-0.05, 0) is 74.7 Å².